The van der Waals surface area contributed by atoms with Crippen molar-refractivity contribution < 1.29 is 9.53 Å². The molecule has 0 bridgehead atoms. The van der Waals surface area contributed by atoms with Gasteiger partial charge in [-0.05, 0) is 33.0 Å². The maximum Gasteiger partial charge on any atom is 0.302 e. The molecule has 1 heterocycles. The molecule has 0 aliphatic heterocycles. The standard InChI is InChI=1S/C18H26N4O2/c1-5-21(11-10-19-4)15-8-7-9-16(12-15)24-18-20-13-17(14(3)23)22(18)6-2/h7-9,12-13,19H,5-6,10-11H2,1-4H3. The first-order chi connectivity index (χ1) is 11.6. The monoisotopic (exact) mass is 330 g/mol. The molecule has 24 heavy (non-hydrogen) atoms. The van der Waals surface area contributed by atoms with E-state index < -0.39 is 0 Å². The molecule has 0 saturated carbocycles. The molecule has 0 unspecified atom stereocenters. The van der Waals surface area contributed by atoms with Gasteiger partial charge in [-0.15, -0.1) is 0 Å². The van der Waals surface area contributed by atoms with Crippen molar-refractivity contribution in [1.82, 2.24) is 14.9 Å². The fourth-order valence-electron chi connectivity index (χ4n) is 2.59. The maximum absolute atomic E-state index is 11.6. The summed E-state index contributed by atoms with van der Waals surface area (Å²) in [6.45, 7) is 9.03. The van der Waals surface area contributed by atoms with Crippen LogP contribution in [0.5, 0.6) is 11.8 Å². The van der Waals surface area contributed by atoms with Crippen molar-refractivity contribution in [3.05, 3.63) is 36.2 Å². The molecule has 0 aliphatic rings. The van der Waals surface area contributed by atoms with Gasteiger partial charge in [0.05, 0.1) is 6.20 Å². The van der Waals surface area contributed by atoms with Crippen LogP contribution in [-0.4, -0.2) is 42.0 Å². The number of aromatic nitrogens is 2. The van der Waals surface area contributed by atoms with Gasteiger partial charge in [0.15, 0.2) is 5.78 Å². The van der Waals surface area contributed by atoms with Crippen LogP contribution >= 0.6 is 0 Å². The van der Waals surface area contributed by atoms with Gasteiger partial charge in [0.25, 0.3) is 0 Å². The van der Waals surface area contributed by atoms with Crippen LogP contribution < -0.4 is 15.0 Å². The summed E-state index contributed by atoms with van der Waals surface area (Å²) < 4.78 is 7.71. The molecule has 1 aromatic carbocycles. The molecule has 2 aromatic rings. The molecular formula is C18H26N4O2. The van der Waals surface area contributed by atoms with Crippen LogP contribution in [0.1, 0.15) is 31.3 Å². The Morgan fingerprint density at radius 3 is 2.79 bits per heavy atom. The highest BCUT2D eigenvalue weighted by atomic mass is 16.5. The highest BCUT2D eigenvalue weighted by molar-refractivity contribution is 5.92. The number of hydrogen-bond acceptors (Lipinski definition) is 5. The number of Topliss-reactive ketones (excluding diaryl/α,β-unsaturated/α-hetero) is 1. The number of imidazole rings is 1. The lowest BCUT2D eigenvalue weighted by Crippen LogP contribution is -2.30. The average Bonchev–Trinajstić information content (AvgIpc) is 2.99. The minimum absolute atomic E-state index is 0.0165. The van der Waals surface area contributed by atoms with Crippen LogP contribution in [0.2, 0.25) is 0 Å². The topological polar surface area (TPSA) is 59.4 Å². The van der Waals surface area contributed by atoms with Crippen LogP contribution in [0.15, 0.2) is 30.5 Å². The van der Waals surface area contributed by atoms with E-state index in [0.29, 0.717) is 24.0 Å². The zero-order valence-electron chi connectivity index (χ0n) is 14.9. The van der Waals surface area contributed by atoms with Crippen molar-refractivity contribution in [3.63, 3.8) is 0 Å². The smallest absolute Gasteiger partial charge is 0.302 e. The molecule has 1 N–H and O–H groups in total. The fourth-order valence-corrected chi connectivity index (χ4v) is 2.59. The first-order valence-corrected chi connectivity index (χ1v) is 8.34. The van der Waals surface area contributed by atoms with Crippen molar-refractivity contribution in [2.75, 3.05) is 31.6 Å². The summed E-state index contributed by atoms with van der Waals surface area (Å²) in [6, 6.07) is 8.38. The molecule has 0 amide bonds. The predicted molar refractivity (Wildman–Crippen MR) is 96.2 cm³/mol. The lowest BCUT2D eigenvalue weighted by atomic mass is 10.2. The number of hydrogen-bond donors (Lipinski definition) is 1. The summed E-state index contributed by atoms with van der Waals surface area (Å²) in [5, 5.41) is 3.17. The number of anilines is 1. The normalized spacial score (nSPS) is 10.7. The Hall–Kier alpha value is -2.34. The van der Waals surface area contributed by atoms with E-state index in [1.165, 1.54) is 6.92 Å². The predicted octanol–water partition coefficient (Wildman–Crippen LogP) is 2.94. The van der Waals surface area contributed by atoms with Crippen molar-refractivity contribution >= 4 is 11.5 Å². The van der Waals surface area contributed by atoms with E-state index >= 15 is 0 Å². The SMILES string of the molecule is CCN(CCNC)c1cccc(Oc2ncc(C(C)=O)n2CC)c1. The third-order valence-electron chi connectivity index (χ3n) is 3.90. The molecule has 0 saturated heterocycles. The molecule has 0 radical (unpaired) electrons. The van der Waals surface area contributed by atoms with Gasteiger partial charge in [0.1, 0.15) is 11.4 Å². The third-order valence-corrected chi connectivity index (χ3v) is 3.90. The Kier molecular flexibility index (Phi) is 6.37. The number of ether oxygens (including phenoxy) is 1. The van der Waals surface area contributed by atoms with E-state index in [9.17, 15) is 4.79 Å². The number of nitrogens with zero attached hydrogens (tertiary/aromatic N) is 3. The molecule has 0 fully saturated rings. The number of rotatable bonds is 9. The van der Waals surface area contributed by atoms with Crippen LogP contribution in [0.4, 0.5) is 5.69 Å². The molecule has 0 spiro atoms. The molecule has 6 nitrogen and oxygen atoms in total. The number of benzene rings is 1. The van der Waals surface area contributed by atoms with Crippen LogP contribution in [-0.2, 0) is 6.54 Å². The lowest BCUT2D eigenvalue weighted by Gasteiger charge is -2.23. The van der Waals surface area contributed by atoms with Crippen LogP contribution in [0, 0.1) is 0 Å². The van der Waals surface area contributed by atoms with Gasteiger partial charge in [-0.2, -0.15) is 0 Å². The van der Waals surface area contributed by atoms with Gasteiger partial charge in [0.2, 0.25) is 0 Å². The minimum Gasteiger partial charge on any atom is -0.425 e. The highest BCUT2D eigenvalue weighted by Crippen LogP contribution is 2.26. The van der Waals surface area contributed by atoms with E-state index in [2.05, 4.69) is 28.2 Å². The zero-order valence-corrected chi connectivity index (χ0v) is 14.9. The largest absolute Gasteiger partial charge is 0.425 e. The summed E-state index contributed by atoms with van der Waals surface area (Å²) in [5.41, 5.74) is 1.67. The molecule has 0 aliphatic carbocycles. The summed E-state index contributed by atoms with van der Waals surface area (Å²) >= 11 is 0. The second-order valence-electron chi connectivity index (χ2n) is 5.51. The van der Waals surface area contributed by atoms with Crippen molar-refractivity contribution in [2.24, 2.45) is 0 Å². The van der Waals surface area contributed by atoms with Crippen LogP contribution in [0.25, 0.3) is 0 Å². The summed E-state index contributed by atoms with van der Waals surface area (Å²) in [4.78, 5) is 18.2. The van der Waals surface area contributed by atoms with Crippen molar-refractivity contribution in [1.29, 1.82) is 0 Å². The van der Waals surface area contributed by atoms with E-state index in [1.54, 1.807) is 10.8 Å². The van der Waals surface area contributed by atoms with Gasteiger partial charge in [-0.25, -0.2) is 4.98 Å². The van der Waals surface area contributed by atoms with E-state index in [0.717, 1.165) is 25.3 Å². The maximum atomic E-state index is 11.6. The zero-order chi connectivity index (χ0) is 17.5. The van der Waals surface area contributed by atoms with E-state index in [1.807, 2.05) is 32.2 Å². The van der Waals surface area contributed by atoms with Gasteiger partial charge in [-0.1, -0.05) is 6.07 Å². The number of carbonyl (C=O) groups is 1. The fraction of sp³-hybridized carbons (Fsp3) is 0.444. The molecule has 6 heteroatoms. The first kappa shape index (κ1) is 18.0. The lowest BCUT2D eigenvalue weighted by molar-refractivity contribution is 0.100. The van der Waals surface area contributed by atoms with E-state index in [-0.39, 0.29) is 5.78 Å². The molecule has 1 aromatic heterocycles. The Labute approximate surface area is 143 Å². The average molecular weight is 330 g/mol. The first-order valence-electron chi connectivity index (χ1n) is 8.34. The molecule has 0 atom stereocenters. The van der Waals surface area contributed by atoms with Gasteiger partial charge < -0.3 is 15.0 Å². The summed E-state index contributed by atoms with van der Waals surface area (Å²) in [6.07, 6.45) is 1.57. The van der Waals surface area contributed by atoms with Crippen molar-refractivity contribution in [3.8, 4) is 11.8 Å². The number of likely N-dealkylation sites (N-methyl/N-ethyl adjacent to an activating group) is 2. The second-order valence-corrected chi connectivity index (χ2v) is 5.51. The summed E-state index contributed by atoms with van der Waals surface area (Å²) in [5.74, 6) is 0.697. The quantitative estimate of drug-likeness (QED) is 0.716. The van der Waals surface area contributed by atoms with E-state index in [4.69, 9.17) is 4.74 Å². The minimum atomic E-state index is -0.0165. The Morgan fingerprint density at radius 1 is 1.38 bits per heavy atom. The Bertz CT molecular complexity index is 681. The van der Waals surface area contributed by atoms with Crippen LogP contribution in [0.3, 0.4) is 0 Å². The van der Waals surface area contributed by atoms with Gasteiger partial charge in [-0.3, -0.25) is 9.36 Å². The van der Waals surface area contributed by atoms with Gasteiger partial charge >= 0.3 is 6.01 Å². The Morgan fingerprint density at radius 2 is 2.17 bits per heavy atom. The molecular weight excluding hydrogens is 304 g/mol. The third kappa shape index (κ3) is 4.14. The number of ketones is 1. The molecule has 130 valence electrons. The summed E-state index contributed by atoms with van der Waals surface area (Å²) in [7, 11) is 1.95. The highest BCUT2D eigenvalue weighted by Gasteiger charge is 2.14. The number of nitrogens with one attached hydrogen (secondary N) is 1. The molecule has 2 rings (SSSR count). The van der Waals surface area contributed by atoms with Gasteiger partial charge in [0, 0.05) is 44.9 Å². The Balaban J connectivity index is 2.22. The van der Waals surface area contributed by atoms with Crippen molar-refractivity contribution in [2.45, 2.75) is 27.3 Å². The number of carbonyl (C=O) groups excluding carboxylic acids is 1. The second kappa shape index (κ2) is 8.49.